The predicted molar refractivity (Wildman–Crippen MR) is 121 cm³/mol. The number of nitrogens with one attached hydrogen (secondary N) is 2. The highest BCUT2D eigenvalue weighted by molar-refractivity contribution is 7.13. The van der Waals surface area contributed by atoms with Gasteiger partial charge in [0, 0.05) is 24.5 Å². The minimum atomic E-state index is 0.544. The van der Waals surface area contributed by atoms with Gasteiger partial charge in [0.1, 0.15) is 5.01 Å². The molecular formula is C22H26N4O3S. The monoisotopic (exact) mass is 426 g/mol. The van der Waals surface area contributed by atoms with Gasteiger partial charge in [-0.3, -0.25) is 4.99 Å². The summed E-state index contributed by atoms with van der Waals surface area (Å²) in [5.41, 5.74) is 3.07. The van der Waals surface area contributed by atoms with E-state index in [1.54, 1.807) is 39.7 Å². The first-order valence-electron chi connectivity index (χ1n) is 9.41. The zero-order valence-corrected chi connectivity index (χ0v) is 18.4. The molecule has 3 rings (SSSR count). The number of benzene rings is 2. The van der Waals surface area contributed by atoms with E-state index in [1.165, 1.54) is 0 Å². The summed E-state index contributed by atoms with van der Waals surface area (Å²) in [6.07, 6.45) is 0. The van der Waals surface area contributed by atoms with Gasteiger partial charge in [0.05, 0.1) is 33.6 Å². The number of methoxy groups -OCH3 is 3. The number of hydrogen-bond donors (Lipinski definition) is 2. The Morgan fingerprint density at radius 3 is 2.23 bits per heavy atom. The smallest absolute Gasteiger partial charge is 0.203 e. The van der Waals surface area contributed by atoms with E-state index in [9.17, 15) is 0 Å². The highest BCUT2D eigenvalue weighted by Gasteiger charge is 2.13. The van der Waals surface area contributed by atoms with Crippen molar-refractivity contribution in [3.63, 3.8) is 0 Å². The molecule has 0 aliphatic rings. The van der Waals surface area contributed by atoms with Crippen LogP contribution in [-0.2, 0) is 13.1 Å². The summed E-state index contributed by atoms with van der Waals surface area (Å²) >= 11 is 1.63. The number of thiazole rings is 1. The highest BCUT2D eigenvalue weighted by Crippen LogP contribution is 2.38. The van der Waals surface area contributed by atoms with Gasteiger partial charge in [-0.1, -0.05) is 30.3 Å². The Morgan fingerprint density at radius 2 is 1.63 bits per heavy atom. The van der Waals surface area contributed by atoms with Crippen LogP contribution in [0, 0.1) is 0 Å². The third-order valence-electron chi connectivity index (χ3n) is 4.42. The molecule has 3 aromatic rings. The van der Waals surface area contributed by atoms with Crippen molar-refractivity contribution in [2.45, 2.75) is 13.1 Å². The zero-order valence-electron chi connectivity index (χ0n) is 17.6. The fourth-order valence-corrected chi connectivity index (χ4v) is 3.75. The van der Waals surface area contributed by atoms with Crippen molar-refractivity contribution < 1.29 is 14.2 Å². The van der Waals surface area contributed by atoms with Gasteiger partial charge in [0.2, 0.25) is 5.75 Å². The van der Waals surface area contributed by atoms with Crippen molar-refractivity contribution in [2.24, 2.45) is 4.99 Å². The van der Waals surface area contributed by atoms with Gasteiger partial charge in [-0.2, -0.15) is 0 Å². The van der Waals surface area contributed by atoms with Crippen LogP contribution in [-0.4, -0.2) is 39.3 Å². The van der Waals surface area contributed by atoms with Crippen LogP contribution >= 0.6 is 11.3 Å². The Bertz CT molecular complexity index is 964. The van der Waals surface area contributed by atoms with Crippen LogP contribution in [0.15, 0.2) is 52.8 Å². The molecule has 0 atom stereocenters. The Balaban J connectivity index is 1.60. The summed E-state index contributed by atoms with van der Waals surface area (Å²) in [5, 5.41) is 9.66. The number of aliphatic imine (C=N–C) groups is 1. The van der Waals surface area contributed by atoms with E-state index in [1.807, 2.05) is 30.3 Å². The zero-order chi connectivity index (χ0) is 21.3. The molecule has 0 unspecified atom stereocenters. The Hall–Kier alpha value is -3.26. The first kappa shape index (κ1) is 21.4. The van der Waals surface area contributed by atoms with Crippen LogP contribution in [0.2, 0.25) is 0 Å². The number of hydrogen-bond acceptors (Lipinski definition) is 6. The van der Waals surface area contributed by atoms with Crippen molar-refractivity contribution in [3.05, 3.63) is 59.1 Å². The molecule has 0 fully saturated rings. The molecule has 1 aromatic heterocycles. The molecule has 2 N–H and O–H groups in total. The summed E-state index contributed by atoms with van der Waals surface area (Å²) in [5.74, 6) is 2.49. The number of rotatable bonds is 8. The van der Waals surface area contributed by atoms with Gasteiger partial charge in [-0.25, -0.2) is 4.98 Å². The summed E-state index contributed by atoms with van der Waals surface area (Å²) < 4.78 is 16.2. The average molecular weight is 427 g/mol. The normalized spacial score (nSPS) is 11.1. The van der Waals surface area contributed by atoms with Crippen LogP contribution in [0.25, 0.3) is 10.6 Å². The van der Waals surface area contributed by atoms with Gasteiger partial charge in [0.15, 0.2) is 17.5 Å². The molecule has 0 bridgehead atoms. The van der Waals surface area contributed by atoms with Crippen LogP contribution in [0.3, 0.4) is 0 Å². The Labute approximate surface area is 180 Å². The van der Waals surface area contributed by atoms with E-state index in [0.717, 1.165) is 21.8 Å². The van der Waals surface area contributed by atoms with Gasteiger partial charge in [-0.05, 0) is 17.7 Å². The van der Waals surface area contributed by atoms with E-state index in [4.69, 9.17) is 19.2 Å². The molecule has 0 radical (unpaired) electrons. The van der Waals surface area contributed by atoms with E-state index in [0.29, 0.717) is 36.3 Å². The highest BCUT2D eigenvalue weighted by atomic mass is 32.1. The summed E-state index contributed by atoms with van der Waals surface area (Å²) in [4.78, 5) is 8.98. The second-order valence-corrected chi connectivity index (χ2v) is 7.18. The van der Waals surface area contributed by atoms with Crippen molar-refractivity contribution in [1.82, 2.24) is 15.6 Å². The number of guanidine groups is 1. The second-order valence-electron chi connectivity index (χ2n) is 6.32. The van der Waals surface area contributed by atoms with Crippen LogP contribution in [0.5, 0.6) is 17.2 Å². The first-order chi connectivity index (χ1) is 14.7. The largest absolute Gasteiger partial charge is 0.493 e. The maximum Gasteiger partial charge on any atom is 0.203 e. The quantitative estimate of drug-likeness (QED) is 0.423. The minimum Gasteiger partial charge on any atom is -0.493 e. The van der Waals surface area contributed by atoms with Crippen LogP contribution in [0.1, 0.15) is 11.3 Å². The van der Waals surface area contributed by atoms with Crippen molar-refractivity contribution in [2.75, 3.05) is 28.4 Å². The fraction of sp³-hybridized carbons (Fsp3) is 0.273. The van der Waals surface area contributed by atoms with Gasteiger partial charge in [-0.15, -0.1) is 11.3 Å². The van der Waals surface area contributed by atoms with Gasteiger partial charge in [0.25, 0.3) is 0 Å². The van der Waals surface area contributed by atoms with E-state index in [-0.39, 0.29) is 0 Å². The third-order valence-corrected chi connectivity index (χ3v) is 5.36. The average Bonchev–Trinajstić information content (AvgIpc) is 3.28. The summed E-state index contributed by atoms with van der Waals surface area (Å²) in [6, 6.07) is 14.0. The molecule has 30 heavy (non-hydrogen) atoms. The van der Waals surface area contributed by atoms with Crippen LogP contribution < -0.4 is 24.8 Å². The van der Waals surface area contributed by atoms with Crippen molar-refractivity contribution >= 4 is 17.3 Å². The standard InChI is InChI=1S/C22H26N4O3S/c1-23-22(24-12-15-10-18(27-2)20(29-4)19(11-15)28-3)25-13-17-14-30-21(26-17)16-8-6-5-7-9-16/h5-11,14H,12-13H2,1-4H3,(H2,23,24,25). The lowest BCUT2D eigenvalue weighted by molar-refractivity contribution is 0.323. The number of nitrogens with zero attached hydrogens (tertiary/aromatic N) is 2. The Kier molecular flexibility index (Phi) is 7.51. The van der Waals surface area contributed by atoms with Gasteiger partial charge >= 0.3 is 0 Å². The lowest BCUT2D eigenvalue weighted by Crippen LogP contribution is -2.36. The Morgan fingerprint density at radius 1 is 0.967 bits per heavy atom. The first-order valence-corrected chi connectivity index (χ1v) is 10.3. The molecule has 0 saturated carbocycles. The molecule has 8 heteroatoms. The van der Waals surface area contributed by atoms with Crippen molar-refractivity contribution in [1.29, 1.82) is 0 Å². The number of aromatic nitrogens is 1. The molecular weight excluding hydrogens is 400 g/mol. The van der Waals surface area contributed by atoms with Crippen LogP contribution in [0.4, 0.5) is 0 Å². The maximum atomic E-state index is 5.41. The molecule has 2 aromatic carbocycles. The lowest BCUT2D eigenvalue weighted by Gasteiger charge is -2.15. The molecule has 0 aliphatic carbocycles. The SMILES string of the molecule is CN=C(NCc1cc(OC)c(OC)c(OC)c1)NCc1csc(-c2ccccc2)n1. The number of ether oxygens (including phenoxy) is 3. The molecule has 0 spiro atoms. The molecule has 0 aliphatic heterocycles. The topological polar surface area (TPSA) is 77.0 Å². The second kappa shape index (κ2) is 10.5. The molecule has 158 valence electrons. The third kappa shape index (κ3) is 5.21. The molecule has 1 heterocycles. The predicted octanol–water partition coefficient (Wildman–Crippen LogP) is 3.70. The molecule has 0 amide bonds. The van der Waals surface area contributed by atoms with E-state index < -0.39 is 0 Å². The molecule has 0 saturated heterocycles. The van der Waals surface area contributed by atoms with E-state index in [2.05, 4.69) is 33.1 Å². The summed E-state index contributed by atoms with van der Waals surface area (Å²) in [6.45, 7) is 1.13. The summed E-state index contributed by atoms with van der Waals surface area (Å²) in [7, 11) is 6.53. The minimum absolute atomic E-state index is 0.544. The maximum absolute atomic E-state index is 5.41. The lowest BCUT2D eigenvalue weighted by atomic mass is 10.2. The van der Waals surface area contributed by atoms with Crippen molar-refractivity contribution in [3.8, 4) is 27.8 Å². The van der Waals surface area contributed by atoms with E-state index >= 15 is 0 Å². The van der Waals surface area contributed by atoms with Gasteiger partial charge < -0.3 is 24.8 Å². The molecule has 7 nitrogen and oxygen atoms in total. The fourth-order valence-electron chi connectivity index (χ4n) is 2.92.